The molecule has 8 heteroatoms. The first-order chi connectivity index (χ1) is 14.7. The van der Waals surface area contributed by atoms with E-state index in [-0.39, 0.29) is 12.4 Å². The lowest BCUT2D eigenvalue weighted by molar-refractivity contribution is 0.132. The Hall–Kier alpha value is -3.05. The van der Waals surface area contributed by atoms with Crippen molar-refractivity contribution in [3.63, 3.8) is 0 Å². The average Bonchev–Trinajstić information content (AvgIpc) is 2.76. The van der Waals surface area contributed by atoms with Gasteiger partial charge >= 0.3 is 0 Å². The second kappa shape index (κ2) is 12.0. The molecular formula is C23H26ClN3O4. The van der Waals surface area contributed by atoms with Gasteiger partial charge in [-0.05, 0) is 30.7 Å². The number of terminal acetylenes is 1. The highest BCUT2D eigenvalue weighted by atomic mass is 35.5. The van der Waals surface area contributed by atoms with E-state index < -0.39 is 0 Å². The van der Waals surface area contributed by atoms with Gasteiger partial charge in [-0.3, -0.25) is 0 Å². The van der Waals surface area contributed by atoms with E-state index in [0.29, 0.717) is 43.7 Å². The summed E-state index contributed by atoms with van der Waals surface area (Å²) >= 11 is 0. The molecule has 0 saturated carbocycles. The highest BCUT2D eigenvalue weighted by molar-refractivity contribution is 5.93. The molecule has 2 aromatic carbocycles. The molecule has 3 rings (SSSR count). The van der Waals surface area contributed by atoms with Crippen molar-refractivity contribution < 1.29 is 18.9 Å². The van der Waals surface area contributed by atoms with Crippen molar-refractivity contribution in [3.8, 4) is 23.8 Å². The van der Waals surface area contributed by atoms with Gasteiger partial charge in [-0.2, -0.15) is 0 Å². The van der Waals surface area contributed by atoms with Gasteiger partial charge in [0.2, 0.25) is 0 Å². The molecule has 0 aliphatic heterocycles. The zero-order valence-electron chi connectivity index (χ0n) is 17.8. The Morgan fingerprint density at radius 2 is 1.61 bits per heavy atom. The molecule has 3 aromatic rings. The summed E-state index contributed by atoms with van der Waals surface area (Å²) in [5.74, 6) is 4.48. The summed E-state index contributed by atoms with van der Waals surface area (Å²) < 4.78 is 21.9. The topological polar surface area (TPSA) is 74.7 Å². The van der Waals surface area contributed by atoms with Crippen LogP contribution in [0.1, 0.15) is 11.1 Å². The van der Waals surface area contributed by atoms with Crippen LogP contribution in [0.4, 0.5) is 11.5 Å². The Morgan fingerprint density at radius 3 is 2.26 bits per heavy atom. The third-order valence-corrected chi connectivity index (χ3v) is 4.45. The van der Waals surface area contributed by atoms with E-state index >= 15 is 0 Å². The zero-order valence-corrected chi connectivity index (χ0v) is 18.6. The minimum Gasteiger partial charge on any atom is -0.487 e. The number of ether oxygens (including phenoxy) is 4. The zero-order chi connectivity index (χ0) is 21.3. The SMILES string of the molecule is C#Cc1ccc(C)c(Nc2ncnc3cc(OCCOC)c(OCCOC)cc23)c1.Cl. The molecule has 1 heterocycles. The molecule has 0 aliphatic carbocycles. The Kier molecular flexibility index (Phi) is 9.35. The summed E-state index contributed by atoms with van der Waals surface area (Å²) in [6, 6.07) is 9.51. The van der Waals surface area contributed by atoms with Crippen LogP contribution in [0.15, 0.2) is 36.7 Å². The summed E-state index contributed by atoms with van der Waals surface area (Å²) in [6.45, 7) is 3.73. The summed E-state index contributed by atoms with van der Waals surface area (Å²) in [5.41, 5.74) is 3.45. The quantitative estimate of drug-likeness (QED) is 0.373. The maximum Gasteiger partial charge on any atom is 0.163 e. The van der Waals surface area contributed by atoms with Gasteiger partial charge < -0.3 is 24.3 Å². The molecule has 1 aromatic heterocycles. The van der Waals surface area contributed by atoms with Crippen molar-refractivity contribution in [3.05, 3.63) is 47.8 Å². The first-order valence-electron chi connectivity index (χ1n) is 9.52. The van der Waals surface area contributed by atoms with Gasteiger partial charge in [0.1, 0.15) is 25.4 Å². The van der Waals surface area contributed by atoms with Crippen molar-refractivity contribution in [2.75, 3.05) is 46.0 Å². The second-order valence-electron chi connectivity index (χ2n) is 6.52. The normalized spacial score (nSPS) is 10.3. The largest absolute Gasteiger partial charge is 0.487 e. The van der Waals surface area contributed by atoms with Crippen LogP contribution in [0.3, 0.4) is 0 Å². The molecule has 31 heavy (non-hydrogen) atoms. The summed E-state index contributed by atoms with van der Waals surface area (Å²) in [7, 11) is 3.25. The molecule has 0 atom stereocenters. The van der Waals surface area contributed by atoms with Crippen LogP contribution in [-0.4, -0.2) is 50.6 Å². The molecular weight excluding hydrogens is 418 g/mol. The molecule has 0 amide bonds. The lowest BCUT2D eigenvalue weighted by Gasteiger charge is -2.16. The molecule has 164 valence electrons. The number of fused-ring (bicyclic) bond motifs is 1. The standard InChI is InChI=1S/C23H25N3O4.ClH/c1-5-17-7-6-16(2)19(12-17)26-23-18-13-21(29-10-8-27-3)22(30-11-9-28-4)14-20(18)24-15-25-23;/h1,6-7,12-15H,8-11H2,2-4H3,(H,24,25,26);1H. The molecule has 0 aliphatic rings. The van der Waals surface area contributed by atoms with Crippen LogP contribution in [0.2, 0.25) is 0 Å². The predicted molar refractivity (Wildman–Crippen MR) is 124 cm³/mol. The Labute approximate surface area is 188 Å². The summed E-state index contributed by atoms with van der Waals surface area (Å²) in [4.78, 5) is 8.82. The van der Waals surface area contributed by atoms with Crippen molar-refractivity contribution in [1.29, 1.82) is 0 Å². The molecule has 0 bridgehead atoms. The van der Waals surface area contributed by atoms with Crippen LogP contribution < -0.4 is 14.8 Å². The Morgan fingerprint density at radius 1 is 0.935 bits per heavy atom. The molecule has 0 fully saturated rings. The van der Waals surface area contributed by atoms with Crippen LogP contribution in [0.5, 0.6) is 11.5 Å². The van der Waals surface area contributed by atoms with E-state index in [1.54, 1.807) is 14.2 Å². The van der Waals surface area contributed by atoms with Gasteiger partial charge in [0, 0.05) is 36.9 Å². The Balaban J connectivity index is 0.00000341. The average molecular weight is 444 g/mol. The highest BCUT2D eigenvalue weighted by Crippen LogP contribution is 2.35. The number of benzene rings is 2. The number of anilines is 2. The van der Waals surface area contributed by atoms with Crippen LogP contribution in [0.25, 0.3) is 10.9 Å². The fraction of sp³-hybridized carbons (Fsp3) is 0.304. The predicted octanol–water partition coefficient (Wildman–Crippen LogP) is 4.14. The third-order valence-electron chi connectivity index (χ3n) is 4.45. The molecule has 0 saturated heterocycles. The molecule has 1 N–H and O–H groups in total. The van der Waals surface area contributed by atoms with E-state index in [2.05, 4.69) is 21.2 Å². The number of aromatic nitrogens is 2. The van der Waals surface area contributed by atoms with Gasteiger partial charge in [0.15, 0.2) is 11.5 Å². The number of rotatable bonds is 10. The number of methoxy groups -OCH3 is 2. The van der Waals surface area contributed by atoms with E-state index in [1.807, 2.05) is 37.3 Å². The van der Waals surface area contributed by atoms with Crippen molar-refractivity contribution >= 4 is 34.8 Å². The van der Waals surface area contributed by atoms with Crippen LogP contribution in [-0.2, 0) is 9.47 Å². The van der Waals surface area contributed by atoms with Gasteiger partial charge in [-0.15, -0.1) is 18.8 Å². The van der Waals surface area contributed by atoms with E-state index in [0.717, 1.165) is 27.7 Å². The third kappa shape index (κ3) is 6.22. The van der Waals surface area contributed by atoms with Crippen LogP contribution in [0, 0.1) is 19.3 Å². The maximum atomic E-state index is 5.88. The van der Waals surface area contributed by atoms with Gasteiger partial charge in [-0.25, -0.2) is 9.97 Å². The molecule has 0 spiro atoms. The number of hydrogen-bond donors (Lipinski definition) is 1. The summed E-state index contributed by atoms with van der Waals surface area (Å²) in [6.07, 6.45) is 7.05. The molecule has 0 unspecified atom stereocenters. The fourth-order valence-corrected chi connectivity index (χ4v) is 2.83. The number of aryl methyl sites for hydroxylation is 1. The minimum atomic E-state index is 0. The first kappa shape index (κ1) is 24.2. The van der Waals surface area contributed by atoms with Gasteiger partial charge in [0.05, 0.1) is 18.7 Å². The van der Waals surface area contributed by atoms with Gasteiger partial charge in [-0.1, -0.05) is 12.0 Å². The second-order valence-corrected chi connectivity index (χ2v) is 6.52. The molecule has 7 nitrogen and oxygen atoms in total. The van der Waals surface area contributed by atoms with Crippen molar-refractivity contribution in [2.45, 2.75) is 6.92 Å². The van der Waals surface area contributed by atoms with Crippen molar-refractivity contribution in [1.82, 2.24) is 9.97 Å². The first-order valence-corrected chi connectivity index (χ1v) is 9.52. The Bertz CT molecular complexity index is 1050. The lowest BCUT2D eigenvalue weighted by Crippen LogP contribution is -2.09. The minimum absolute atomic E-state index is 0. The monoisotopic (exact) mass is 443 g/mol. The van der Waals surface area contributed by atoms with Crippen molar-refractivity contribution in [2.24, 2.45) is 0 Å². The summed E-state index contributed by atoms with van der Waals surface area (Å²) in [5, 5.41) is 4.17. The number of hydrogen-bond acceptors (Lipinski definition) is 7. The fourth-order valence-electron chi connectivity index (χ4n) is 2.83. The number of halogens is 1. The van der Waals surface area contributed by atoms with Crippen LogP contribution >= 0.6 is 12.4 Å². The lowest BCUT2D eigenvalue weighted by atomic mass is 10.1. The smallest absolute Gasteiger partial charge is 0.163 e. The van der Waals surface area contributed by atoms with E-state index in [4.69, 9.17) is 25.4 Å². The highest BCUT2D eigenvalue weighted by Gasteiger charge is 2.13. The maximum absolute atomic E-state index is 5.88. The number of nitrogens with zero attached hydrogens (tertiary/aromatic N) is 2. The number of nitrogens with one attached hydrogen (secondary N) is 1. The van der Waals surface area contributed by atoms with E-state index in [9.17, 15) is 0 Å². The van der Waals surface area contributed by atoms with E-state index in [1.165, 1.54) is 6.33 Å². The molecule has 0 radical (unpaired) electrons. The van der Waals surface area contributed by atoms with Gasteiger partial charge in [0.25, 0.3) is 0 Å².